The maximum atomic E-state index is 5.76. The number of benzene rings is 1. The van der Waals surface area contributed by atoms with Gasteiger partial charge in [0.05, 0.1) is 12.7 Å². The van der Waals surface area contributed by atoms with Crippen molar-refractivity contribution in [3.8, 4) is 0 Å². The number of halogens is 1. The summed E-state index contributed by atoms with van der Waals surface area (Å²) in [5, 5.41) is 6.74. The number of ether oxygens (including phenoxy) is 2. The van der Waals surface area contributed by atoms with Gasteiger partial charge in [0, 0.05) is 33.4 Å². The van der Waals surface area contributed by atoms with Crippen LogP contribution in [0.2, 0.25) is 0 Å². The zero-order valence-electron chi connectivity index (χ0n) is 15.6. The molecule has 1 aromatic carbocycles. The van der Waals surface area contributed by atoms with Crippen LogP contribution in [-0.2, 0) is 9.47 Å². The molecule has 0 aliphatic carbocycles. The van der Waals surface area contributed by atoms with Crippen LogP contribution in [0.25, 0.3) is 0 Å². The van der Waals surface area contributed by atoms with E-state index in [1.807, 2.05) is 0 Å². The standard InChI is InChI=1S/C19H31N3O2.HI/c1-15-6-4-7-17(12-15)16(2)13-22-19(20-3)21-9-5-10-24-18-8-11-23-14-18;/h4,6-7,12,16,18H,5,8-11,13-14H2,1-3H3,(H2,20,21,22);1H. The molecule has 2 atom stereocenters. The first kappa shape index (κ1) is 22.2. The van der Waals surface area contributed by atoms with Crippen molar-refractivity contribution in [2.75, 3.05) is 40.0 Å². The van der Waals surface area contributed by atoms with E-state index in [2.05, 4.69) is 53.7 Å². The molecule has 2 N–H and O–H groups in total. The highest BCUT2D eigenvalue weighted by atomic mass is 127. The monoisotopic (exact) mass is 461 g/mol. The Hall–Kier alpha value is -0.860. The molecule has 0 amide bonds. The number of nitrogens with zero attached hydrogens (tertiary/aromatic N) is 1. The maximum absolute atomic E-state index is 5.76. The summed E-state index contributed by atoms with van der Waals surface area (Å²) in [6.07, 6.45) is 2.27. The molecule has 0 bridgehead atoms. The van der Waals surface area contributed by atoms with Gasteiger partial charge < -0.3 is 20.1 Å². The molecule has 2 unspecified atom stereocenters. The van der Waals surface area contributed by atoms with Crippen molar-refractivity contribution in [3.63, 3.8) is 0 Å². The van der Waals surface area contributed by atoms with Gasteiger partial charge in [0.15, 0.2) is 5.96 Å². The third kappa shape index (κ3) is 8.37. The van der Waals surface area contributed by atoms with Gasteiger partial charge in [-0.3, -0.25) is 4.99 Å². The zero-order valence-corrected chi connectivity index (χ0v) is 17.9. The van der Waals surface area contributed by atoms with E-state index in [0.717, 1.165) is 51.7 Å². The van der Waals surface area contributed by atoms with E-state index in [0.29, 0.717) is 5.92 Å². The molecular formula is C19H32IN3O2. The van der Waals surface area contributed by atoms with Gasteiger partial charge in [0.1, 0.15) is 0 Å². The summed E-state index contributed by atoms with van der Waals surface area (Å²) in [6.45, 7) is 8.41. The summed E-state index contributed by atoms with van der Waals surface area (Å²) >= 11 is 0. The fraction of sp³-hybridized carbons (Fsp3) is 0.632. The zero-order chi connectivity index (χ0) is 17.2. The Morgan fingerprint density at radius 2 is 2.24 bits per heavy atom. The summed E-state index contributed by atoms with van der Waals surface area (Å²) in [5.74, 6) is 1.29. The number of guanidine groups is 1. The Bertz CT molecular complexity index is 519. The number of hydrogen-bond donors (Lipinski definition) is 2. The molecule has 5 nitrogen and oxygen atoms in total. The lowest BCUT2D eigenvalue weighted by molar-refractivity contribution is 0.0420. The summed E-state index contributed by atoms with van der Waals surface area (Å²) in [5.41, 5.74) is 2.65. The van der Waals surface area contributed by atoms with E-state index in [1.54, 1.807) is 7.05 Å². The van der Waals surface area contributed by atoms with Gasteiger partial charge in [-0.25, -0.2) is 0 Å². The van der Waals surface area contributed by atoms with Gasteiger partial charge >= 0.3 is 0 Å². The van der Waals surface area contributed by atoms with Crippen molar-refractivity contribution in [3.05, 3.63) is 35.4 Å². The van der Waals surface area contributed by atoms with E-state index in [1.165, 1.54) is 11.1 Å². The van der Waals surface area contributed by atoms with Gasteiger partial charge in [-0.05, 0) is 31.2 Å². The lowest BCUT2D eigenvalue weighted by atomic mass is 9.99. The molecule has 1 saturated heterocycles. The molecule has 2 rings (SSSR count). The molecule has 1 aliphatic heterocycles. The third-order valence-corrected chi connectivity index (χ3v) is 4.27. The fourth-order valence-corrected chi connectivity index (χ4v) is 2.74. The number of rotatable bonds is 8. The quantitative estimate of drug-likeness (QED) is 0.271. The van der Waals surface area contributed by atoms with Crippen molar-refractivity contribution < 1.29 is 9.47 Å². The second-order valence-corrected chi connectivity index (χ2v) is 6.41. The summed E-state index contributed by atoms with van der Waals surface area (Å²) in [7, 11) is 1.80. The largest absolute Gasteiger partial charge is 0.379 e. The van der Waals surface area contributed by atoms with Gasteiger partial charge in [-0.1, -0.05) is 36.8 Å². The molecule has 1 aliphatic rings. The first-order valence-corrected chi connectivity index (χ1v) is 8.89. The van der Waals surface area contributed by atoms with Crippen LogP contribution in [-0.4, -0.2) is 52.0 Å². The highest BCUT2D eigenvalue weighted by molar-refractivity contribution is 14.0. The third-order valence-electron chi connectivity index (χ3n) is 4.27. The molecule has 6 heteroatoms. The van der Waals surface area contributed by atoms with Crippen LogP contribution in [0, 0.1) is 6.92 Å². The van der Waals surface area contributed by atoms with Crippen LogP contribution in [0.4, 0.5) is 0 Å². The second kappa shape index (κ2) is 12.5. The predicted molar refractivity (Wildman–Crippen MR) is 114 cm³/mol. The molecule has 25 heavy (non-hydrogen) atoms. The Balaban J connectivity index is 0.00000312. The SMILES string of the molecule is CN=C(NCCCOC1CCOC1)NCC(C)c1cccc(C)c1.I. The van der Waals surface area contributed by atoms with Crippen LogP contribution >= 0.6 is 24.0 Å². The average molecular weight is 461 g/mol. The number of aliphatic imine (C=N–C) groups is 1. The van der Waals surface area contributed by atoms with E-state index >= 15 is 0 Å². The van der Waals surface area contributed by atoms with Gasteiger partial charge in [-0.2, -0.15) is 0 Å². The number of aryl methyl sites for hydroxylation is 1. The average Bonchev–Trinajstić information content (AvgIpc) is 3.10. The Morgan fingerprint density at radius 1 is 1.40 bits per heavy atom. The lowest BCUT2D eigenvalue weighted by Gasteiger charge is -2.17. The predicted octanol–water partition coefficient (Wildman–Crippen LogP) is 3.08. The van der Waals surface area contributed by atoms with E-state index in [4.69, 9.17) is 9.47 Å². The van der Waals surface area contributed by atoms with Crippen LogP contribution in [0.3, 0.4) is 0 Å². The van der Waals surface area contributed by atoms with Crippen LogP contribution < -0.4 is 10.6 Å². The molecule has 142 valence electrons. The topological polar surface area (TPSA) is 54.9 Å². The van der Waals surface area contributed by atoms with Crippen molar-refractivity contribution >= 4 is 29.9 Å². The summed E-state index contributed by atoms with van der Waals surface area (Å²) in [6, 6.07) is 8.67. The first-order valence-electron chi connectivity index (χ1n) is 8.89. The Labute approximate surface area is 169 Å². The minimum Gasteiger partial charge on any atom is -0.379 e. The second-order valence-electron chi connectivity index (χ2n) is 6.41. The molecule has 1 fully saturated rings. The maximum Gasteiger partial charge on any atom is 0.190 e. The van der Waals surface area contributed by atoms with E-state index in [9.17, 15) is 0 Å². The van der Waals surface area contributed by atoms with Crippen LogP contribution in [0.1, 0.15) is 36.8 Å². The molecule has 0 aromatic heterocycles. The van der Waals surface area contributed by atoms with Gasteiger partial charge in [-0.15, -0.1) is 24.0 Å². The van der Waals surface area contributed by atoms with Gasteiger partial charge in [0.2, 0.25) is 0 Å². The summed E-state index contributed by atoms with van der Waals surface area (Å²) < 4.78 is 11.1. The van der Waals surface area contributed by atoms with Crippen LogP contribution in [0.15, 0.2) is 29.3 Å². The van der Waals surface area contributed by atoms with Crippen molar-refractivity contribution in [1.82, 2.24) is 10.6 Å². The summed E-state index contributed by atoms with van der Waals surface area (Å²) in [4.78, 5) is 4.28. The smallest absolute Gasteiger partial charge is 0.190 e. The van der Waals surface area contributed by atoms with Crippen molar-refractivity contribution in [1.29, 1.82) is 0 Å². The van der Waals surface area contributed by atoms with Crippen molar-refractivity contribution in [2.24, 2.45) is 4.99 Å². The van der Waals surface area contributed by atoms with Crippen LogP contribution in [0.5, 0.6) is 0 Å². The fourth-order valence-electron chi connectivity index (χ4n) is 2.74. The molecule has 0 radical (unpaired) electrons. The molecular weight excluding hydrogens is 429 g/mol. The lowest BCUT2D eigenvalue weighted by Crippen LogP contribution is -2.39. The van der Waals surface area contributed by atoms with Crippen molar-refractivity contribution in [2.45, 2.75) is 38.7 Å². The van der Waals surface area contributed by atoms with E-state index in [-0.39, 0.29) is 30.1 Å². The minimum atomic E-state index is 0. The Kier molecular flexibility index (Phi) is 11.1. The van der Waals surface area contributed by atoms with E-state index < -0.39 is 0 Å². The molecule has 0 spiro atoms. The minimum absolute atomic E-state index is 0. The number of nitrogens with one attached hydrogen (secondary N) is 2. The molecule has 0 saturated carbocycles. The molecule has 1 heterocycles. The Morgan fingerprint density at radius 3 is 2.92 bits per heavy atom. The molecule has 1 aromatic rings. The number of hydrogen-bond acceptors (Lipinski definition) is 3. The normalized spacial score (nSPS) is 18.5. The van der Waals surface area contributed by atoms with Gasteiger partial charge in [0.25, 0.3) is 0 Å². The highest BCUT2D eigenvalue weighted by Crippen LogP contribution is 2.15. The highest BCUT2D eigenvalue weighted by Gasteiger charge is 2.15. The first-order chi connectivity index (χ1) is 11.7.